The molecule has 4 rings (SSSR count). The molecule has 3 heterocycles. The summed E-state index contributed by atoms with van der Waals surface area (Å²) in [7, 11) is 1.88. The molecule has 1 amide bonds. The molecule has 1 aromatic carbocycles. The molecule has 0 bridgehead atoms. The van der Waals surface area contributed by atoms with Crippen molar-refractivity contribution in [3.63, 3.8) is 0 Å². The molecule has 1 aliphatic rings. The van der Waals surface area contributed by atoms with Crippen molar-refractivity contribution in [3.8, 4) is 17.3 Å². The van der Waals surface area contributed by atoms with Crippen molar-refractivity contribution in [1.29, 1.82) is 5.26 Å². The maximum absolute atomic E-state index is 12.8. The van der Waals surface area contributed by atoms with E-state index in [4.69, 9.17) is 4.74 Å². The summed E-state index contributed by atoms with van der Waals surface area (Å²) in [5.41, 5.74) is 4.83. The zero-order valence-electron chi connectivity index (χ0n) is 18.1. The van der Waals surface area contributed by atoms with Crippen molar-refractivity contribution >= 4 is 5.91 Å². The summed E-state index contributed by atoms with van der Waals surface area (Å²) in [6, 6.07) is 13.3. The van der Waals surface area contributed by atoms with Crippen LogP contribution in [0.2, 0.25) is 0 Å². The van der Waals surface area contributed by atoms with Gasteiger partial charge in [0.15, 0.2) is 0 Å². The second kappa shape index (κ2) is 9.30. The van der Waals surface area contributed by atoms with E-state index in [2.05, 4.69) is 21.5 Å². The summed E-state index contributed by atoms with van der Waals surface area (Å²) < 4.78 is 7.11. The Labute approximate surface area is 186 Å². The Morgan fingerprint density at radius 2 is 2.12 bits per heavy atom. The molecule has 1 aliphatic heterocycles. The van der Waals surface area contributed by atoms with Crippen molar-refractivity contribution < 1.29 is 14.6 Å². The van der Waals surface area contributed by atoms with E-state index in [9.17, 15) is 15.2 Å². The van der Waals surface area contributed by atoms with E-state index in [1.165, 1.54) is 0 Å². The fourth-order valence-corrected chi connectivity index (χ4v) is 3.84. The van der Waals surface area contributed by atoms with E-state index in [0.29, 0.717) is 30.7 Å². The first-order chi connectivity index (χ1) is 15.4. The number of carbonyl (C=O) groups excluding carboxylic acids is 1. The number of nitriles is 1. The third-order valence-electron chi connectivity index (χ3n) is 5.62. The number of hydrogen-bond acceptors (Lipinski definition) is 6. The summed E-state index contributed by atoms with van der Waals surface area (Å²) in [6.07, 6.45) is 2.21. The van der Waals surface area contributed by atoms with Crippen LogP contribution in [0, 0.1) is 18.3 Å². The highest BCUT2D eigenvalue weighted by Gasteiger charge is 2.26. The molecule has 0 radical (unpaired) electrons. The van der Waals surface area contributed by atoms with Gasteiger partial charge in [-0.1, -0.05) is 24.3 Å². The van der Waals surface area contributed by atoms with Crippen molar-refractivity contribution in [2.24, 2.45) is 7.05 Å². The van der Waals surface area contributed by atoms with Gasteiger partial charge in [-0.3, -0.25) is 9.48 Å². The summed E-state index contributed by atoms with van der Waals surface area (Å²) in [5.74, 6) is -0.390. The van der Waals surface area contributed by atoms with Crippen LogP contribution in [0.3, 0.4) is 0 Å². The van der Waals surface area contributed by atoms with Crippen molar-refractivity contribution in [2.45, 2.75) is 31.9 Å². The van der Waals surface area contributed by atoms with Crippen LogP contribution < -0.4 is 5.32 Å². The number of rotatable bonds is 5. The fourth-order valence-electron chi connectivity index (χ4n) is 3.84. The highest BCUT2D eigenvalue weighted by atomic mass is 16.5. The molecular weight excluding hydrogens is 406 g/mol. The Balaban J connectivity index is 1.56. The molecule has 3 aromatic rings. The smallest absolute Gasteiger partial charge is 0.270 e. The minimum absolute atomic E-state index is 0.222. The Bertz CT molecular complexity index is 1160. The Hall–Kier alpha value is -3.54. The van der Waals surface area contributed by atoms with Gasteiger partial charge >= 0.3 is 0 Å². The van der Waals surface area contributed by atoms with Crippen LogP contribution in [-0.4, -0.2) is 51.1 Å². The molecule has 1 fully saturated rings. The number of amides is 1. The number of aromatic nitrogens is 3. The third-order valence-corrected chi connectivity index (χ3v) is 5.62. The van der Waals surface area contributed by atoms with Crippen LogP contribution in [0.15, 0.2) is 42.6 Å². The largest absolute Gasteiger partial charge is 0.391 e. The predicted octanol–water partition coefficient (Wildman–Crippen LogP) is 2.13. The molecular formula is C24H25N5O3. The monoisotopic (exact) mass is 431 g/mol. The molecule has 0 unspecified atom stereocenters. The van der Waals surface area contributed by atoms with Crippen LogP contribution >= 0.6 is 0 Å². The lowest BCUT2D eigenvalue weighted by Crippen LogP contribution is -2.49. The normalized spacial score (nSPS) is 18.2. The minimum atomic E-state index is -0.649. The highest BCUT2D eigenvalue weighted by molar-refractivity contribution is 5.93. The number of nitrogens with one attached hydrogen (secondary N) is 1. The molecule has 32 heavy (non-hydrogen) atoms. The molecule has 2 atom stereocenters. The topological polar surface area (TPSA) is 113 Å². The lowest BCUT2D eigenvalue weighted by Gasteiger charge is -2.28. The van der Waals surface area contributed by atoms with E-state index < -0.39 is 12.1 Å². The summed E-state index contributed by atoms with van der Waals surface area (Å²) >= 11 is 0. The van der Waals surface area contributed by atoms with E-state index in [1.807, 2.05) is 43.6 Å². The molecule has 164 valence electrons. The Morgan fingerprint density at radius 1 is 1.34 bits per heavy atom. The average Bonchev–Trinajstić information content (AvgIpc) is 3.22. The molecule has 8 nitrogen and oxygen atoms in total. The van der Waals surface area contributed by atoms with E-state index >= 15 is 0 Å². The SMILES string of the molecule is Cc1nc(C(=O)N[C@H]2COCC[C@@H]2O)cc(Cc2ccc(-c3ccn(C)n3)cc2)c1C#N. The van der Waals surface area contributed by atoms with Crippen LogP contribution in [0.25, 0.3) is 11.3 Å². The highest BCUT2D eigenvalue weighted by Crippen LogP contribution is 2.22. The first-order valence-electron chi connectivity index (χ1n) is 10.5. The summed E-state index contributed by atoms with van der Waals surface area (Å²) in [6.45, 7) is 2.46. The van der Waals surface area contributed by atoms with Gasteiger partial charge in [0.1, 0.15) is 11.8 Å². The van der Waals surface area contributed by atoms with Crippen molar-refractivity contribution in [1.82, 2.24) is 20.1 Å². The van der Waals surface area contributed by atoms with Crippen LogP contribution in [0.5, 0.6) is 0 Å². The number of aliphatic hydroxyl groups is 1. The Kier molecular flexibility index (Phi) is 6.30. The van der Waals surface area contributed by atoms with Gasteiger partial charge in [0.25, 0.3) is 5.91 Å². The predicted molar refractivity (Wildman–Crippen MR) is 118 cm³/mol. The van der Waals surface area contributed by atoms with Crippen molar-refractivity contribution in [3.05, 3.63) is 70.7 Å². The number of aliphatic hydroxyl groups excluding tert-OH is 1. The van der Waals surface area contributed by atoms with E-state index in [0.717, 1.165) is 22.4 Å². The first kappa shape index (κ1) is 21.7. The van der Waals surface area contributed by atoms with Crippen LogP contribution in [-0.2, 0) is 18.2 Å². The summed E-state index contributed by atoms with van der Waals surface area (Å²) in [5, 5.41) is 27.0. The number of carbonyl (C=O) groups is 1. The molecule has 1 saturated heterocycles. The van der Waals surface area contributed by atoms with Gasteiger partial charge in [-0.05, 0) is 43.0 Å². The van der Waals surface area contributed by atoms with Crippen LogP contribution in [0.1, 0.15) is 39.3 Å². The Morgan fingerprint density at radius 3 is 2.78 bits per heavy atom. The standard InChI is InChI=1S/C24H25N5O3/c1-15-19(13-25)18(11-16-3-5-17(6-4-16)20-7-9-29(2)28-20)12-21(26-15)24(31)27-22-14-32-10-8-23(22)30/h3-7,9,12,22-23,30H,8,10-11,14H2,1-2H3,(H,27,31)/t22-,23-/m0/s1. The third kappa shape index (κ3) is 4.69. The van der Waals surface area contributed by atoms with E-state index in [1.54, 1.807) is 17.7 Å². The molecule has 0 saturated carbocycles. The maximum atomic E-state index is 12.8. The number of ether oxygens (including phenoxy) is 1. The molecule has 8 heteroatoms. The number of aryl methyl sites for hydroxylation is 2. The van der Waals surface area contributed by atoms with Crippen LogP contribution in [0.4, 0.5) is 0 Å². The quantitative estimate of drug-likeness (QED) is 0.640. The lowest BCUT2D eigenvalue weighted by molar-refractivity contribution is -0.0140. The van der Waals surface area contributed by atoms with Gasteiger partial charge in [0.05, 0.1) is 35.7 Å². The minimum Gasteiger partial charge on any atom is -0.391 e. The van der Waals surface area contributed by atoms with Gasteiger partial charge in [-0.15, -0.1) is 0 Å². The summed E-state index contributed by atoms with van der Waals surface area (Å²) in [4.78, 5) is 17.1. The number of nitrogens with zero attached hydrogens (tertiary/aromatic N) is 4. The van der Waals surface area contributed by atoms with Gasteiger partial charge in [-0.2, -0.15) is 10.4 Å². The second-order valence-electron chi connectivity index (χ2n) is 8.00. The average molecular weight is 431 g/mol. The van der Waals surface area contributed by atoms with Gasteiger partial charge in [0.2, 0.25) is 0 Å². The van der Waals surface area contributed by atoms with Gasteiger partial charge in [0, 0.05) is 25.4 Å². The van der Waals surface area contributed by atoms with E-state index in [-0.39, 0.29) is 18.2 Å². The molecule has 2 N–H and O–H groups in total. The zero-order valence-corrected chi connectivity index (χ0v) is 18.1. The number of hydrogen-bond donors (Lipinski definition) is 2. The number of benzene rings is 1. The maximum Gasteiger partial charge on any atom is 0.270 e. The molecule has 2 aromatic heterocycles. The second-order valence-corrected chi connectivity index (χ2v) is 8.00. The van der Waals surface area contributed by atoms with Gasteiger partial charge in [-0.25, -0.2) is 4.98 Å². The zero-order chi connectivity index (χ0) is 22.7. The molecule has 0 aliphatic carbocycles. The number of pyridine rings is 1. The van der Waals surface area contributed by atoms with Gasteiger partial charge < -0.3 is 15.2 Å². The van der Waals surface area contributed by atoms with Crippen molar-refractivity contribution in [2.75, 3.05) is 13.2 Å². The first-order valence-corrected chi connectivity index (χ1v) is 10.5. The lowest BCUT2D eigenvalue weighted by atomic mass is 9.97. The fraction of sp³-hybridized carbons (Fsp3) is 0.333. The molecule has 0 spiro atoms.